The molecule has 1 fully saturated rings. The van der Waals surface area contributed by atoms with E-state index in [1.807, 2.05) is 31.2 Å². The Morgan fingerprint density at radius 1 is 1.50 bits per heavy atom. The van der Waals surface area contributed by atoms with E-state index in [1.165, 1.54) is 5.56 Å². The van der Waals surface area contributed by atoms with Crippen LogP contribution in [0.5, 0.6) is 0 Å². The van der Waals surface area contributed by atoms with Crippen LogP contribution in [-0.4, -0.2) is 19.3 Å². The van der Waals surface area contributed by atoms with E-state index in [4.69, 9.17) is 4.74 Å². The summed E-state index contributed by atoms with van der Waals surface area (Å²) in [4.78, 5) is 14.5. The van der Waals surface area contributed by atoms with Crippen LogP contribution >= 0.6 is 0 Å². The van der Waals surface area contributed by atoms with Gasteiger partial charge in [-0.15, -0.1) is 0 Å². The lowest BCUT2D eigenvalue weighted by atomic mass is 9.90. The maximum absolute atomic E-state index is 10.5. The van der Waals surface area contributed by atoms with Gasteiger partial charge in [0.05, 0.1) is 12.6 Å². The Labute approximate surface area is 95.2 Å². The molecule has 0 aliphatic carbocycles. The van der Waals surface area contributed by atoms with Gasteiger partial charge < -0.3 is 4.74 Å². The number of benzene rings is 1. The minimum Gasteiger partial charge on any atom is -0.381 e. The molecule has 1 aromatic carbocycles. The molecule has 3 heteroatoms. The lowest BCUT2D eigenvalue weighted by Gasteiger charge is -2.18. The molecule has 0 radical (unpaired) electrons. The molecule has 84 valence electrons. The summed E-state index contributed by atoms with van der Waals surface area (Å²) in [7, 11) is 0. The molecule has 2 unspecified atom stereocenters. The molecular formula is C13H15NO2. The van der Waals surface area contributed by atoms with E-state index in [0.29, 0.717) is 12.5 Å². The number of isocyanates is 1. The average Bonchev–Trinajstić information content (AvgIpc) is 2.80. The molecular weight excluding hydrogens is 202 g/mol. The van der Waals surface area contributed by atoms with Gasteiger partial charge in [-0.25, -0.2) is 4.79 Å². The van der Waals surface area contributed by atoms with Gasteiger partial charge in [-0.05, 0) is 24.5 Å². The zero-order valence-electron chi connectivity index (χ0n) is 9.35. The highest BCUT2D eigenvalue weighted by atomic mass is 16.5. The highest BCUT2D eigenvalue weighted by molar-refractivity contribution is 5.38. The summed E-state index contributed by atoms with van der Waals surface area (Å²) in [5, 5.41) is 0. The lowest BCUT2D eigenvalue weighted by molar-refractivity contribution is 0.181. The lowest BCUT2D eigenvalue weighted by Crippen LogP contribution is -2.12. The number of nitrogens with zero attached hydrogens (tertiary/aromatic N) is 1. The monoisotopic (exact) mass is 217 g/mol. The molecule has 0 saturated carbocycles. The van der Waals surface area contributed by atoms with E-state index in [0.717, 1.165) is 18.6 Å². The van der Waals surface area contributed by atoms with Crippen molar-refractivity contribution in [3.05, 3.63) is 35.4 Å². The van der Waals surface area contributed by atoms with Crippen molar-refractivity contribution < 1.29 is 9.53 Å². The number of hydrogen-bond donors (Lipinski definition) is 0. The van der Waals surface area contributed by atoms with Gasteiger partial charge in [-0.3, -0.25) is 0 Å². The SMILES string of the molecule is Cc1ccccc1C(N=C=O)C1CCOC1. The minimum absolute atomic E-state index is 0.0961. The number of ether oxygens (including phenoxy) is 1. The Bertz CT molecular complexity index is 404. The number of rotatable bonds is 3. The molecule has 1 heterocycles. The van der Waals surface area contributed by atoms with Gasteiger partial charge >= 0.3 is 0 Å². The predicted octanol–water partition coefficient (Wildman–Crippen LogP) is 2.41. The molecule has 0 aromatic heterocycles. The van der Waals surface area contributed by atoms with Crippen molar-refractivity contribution in [2.75, 3.05) is 13.2 Å². The molecule has 1 aromatic rings. The van der Waals surface area contributed by atoms with Crippen molar-refractivity contribution in [3.63, 3.8) is 0 Å². The van der Waals surface area contributed by atoms with Crippen molar-refractivity contribution in [2.45, 2.75) is 19.4 Å². The summed E-state index contributed by atoms with van der Waals surface area (Å²) < 4.78 is 5.36. The van der Waals surface area contributed by atoms with Gasteiger partial charge in [0, 0.05) is 12.5 Å². The topological polar surface area (TPSA) is 38.7 Å². The first-order chi connectivity index (χ1) is 7.83. The molecule has 0 amide bonds. The molecule has 2 atom stereocenters. The smallest absolute Gasteiger partial charge is 0.235 e. The van der Waals surface area contributed by atoms with Crippen LogP contribution in [0.25, 0.3) is 0 Å². The van der Waals surface area contributed by atoms with Crippen molar-refractivity contribution in [2.24, 2.45) is 10.9 Å². The van der Waals surface area contributed by atoms with Crippen LogP contribution in [0, 0.1) is 12.8 Å². The first kappa shape index (κ1) is 11.1. The largest absolute Gasteiger partial charge is 0.381 e. The summed E-state index contributed by atoms with van der Waals surface area (Å²) in [6, 6.07) is 7.94. The summed E-state index contributed by atoms with van der Waals surface area (Å²) in [5.41, 5.74) is 2.28. The molecule has 1 aliphatic rings. The fourth-order valence-electron chi connectivity index (χ4n) is 2.21. The number of hydrogen-bond acceptors (Lipinski definition) is 3. The molecule has 3 nitrogen and oxygen atoms in total. The maximum Gasteiger partial charge on any atom is 0.235 e. The Hall–Kier alpha value is -1.44. The molecule has 1 aliphatic heterocycles. The maximum atomic E-state index is 10.5. The molecule has 2 rings (SSSR count). The summed E-state index contributed by atoms with van der Waals surface area (Å²) in [5.74, 6) is 0.308. The van der Waals surface area contributed by atoms with Crippen LogP contribution < -0.4 is 0 Å². The molecule has 0 N–H and O–H groups in total. The Morgan fingerprint density at radius 3 is 2.94 bits per heavy atom. The highest BCUT2D eigenvalue weighted by Gasteiger charge is 2.27. The van der Waals surface area contributed by atoms with Crippen LogP contribution in [0.3, 0.4) is 0 Å². The molecule has 16 heavy (non-hydrogen) atoms. The fourth-order valence-corrected chi connectivity index (χ4v) is 2.21. The van der Waals surface area contributed by atoms with Gasteiger partial charge in [-0.2, -0.15) is 4.99 Å². The van der Waals surface area contributed by atoms with E-state index < -0.39 is 0 Å². The molecule has 0 bridgehead atoms. The number of aliphatic imine (C=N–C) groups is 1. The number of aryl methyl sites for hydroxylation is 1. The van der Waals surface area contributed by atoms with E-state index in [-0.39, 0.29) is 6.04 Å². The van der Waals surface area contributed by atoms with Gasteiger partial charge in [0.25, 0.3) is 0 Å². The van der Waals surface area contributed by atoms with E-state index in [1.54, 1.807) is 6.08 Å². The summed E-state index contributed by atoms with van der Waals surface area (Å²) in [6.45, 7) is 3.49. The first-order valence-electron chi connectivity index (χ1n) is 5.53. The van der Waals surface area contributed by atoms with E-state index in [9.17, 15) is 4.79 Å². The standard InChI is InChI=1S/C13H15NO2/c1-10-4-2-3-5-12(10)13(14-9-15)11-6-7-16-8-11/h2-5,11,13H,6-8H2,1H3. The van der Waals surface area contributed by atoms with Crippen molar-refractivity contribution >= 4 is 6.08 Å². The third kappa shape index (κ3) is 2.21. The van der Waals surface area contributed by atoms with Crippen LogP contribution in [0.2, 0.25) is 0 Å². The van der Waals surface area contributed by atoms with Gasteiger partial charge in [0.15, 0.2) is 0 Å². The first-order valence-corrected chi connectivity index (χ1v) is 5.53. The number of carbonyl (C=O) groups excluding carboxylic acids is 1. The van der Waals surface area contributed by atoms with Crippen LogP contribution in [0.4, 0.5) is 0 Å². The summed E-state index contributed by atoms with van der Waals surface area (Å²) in [6.07, 6.45) is 2.65. The van der Waals surface area contributed by atoms with Crippen LogP contribution in [-0.2, 0) is 9.53 Å². The Balaban J connectivity index is 2.31. The second kappa shape index (κ2) is 5.06. The quantitative estimate of drug-likeness (QED) is 0.576. The molecule has 0 spiro atoms. The highest BCUT2D eigenvalue weighted by Crippen LogP contribution is 2.33. The minimum atomic E-state index is -0.0961. The van der Waals surface area contributed by atoms with Crippen LogP contribution in [0.1, 0.15) is 23.6 Å². The normalized spacial score (nSPS) is 21.4. The van der Waals surface area contributed by atoms with Crippen molar-refractivity contribution in [3.8, 4) is 0 Å². The third-order valence-corrected chi connectivity index (χ3v) is 3.11. The van der Waals surface area contributed by atoms with Crippen LogP contribution in [0.15, 0.2) is 29.3 Å². The van der Waals surface area contributed by atoms with Crippen molar-refractivity contribution in [1.82, 2.24) is 0 Å². The fraction of sp³-hybridized carbons (Fsp3) is 0.462. The second-order valence-corrected chi connectivity index (χ2v) is 4.15. The Morgan fingerprint density at radius 2 is 2.31 bits per heavy atom. The van der Waals surface area contributed by atoms with E-state index >= 15 is 0 Å². The summed E-state index contributed by atoms with van der Waals surface area (Å²) >= 11 is 0. The van der Waals surface area contributed by atoms with Gasteiger partial charge in [0.1, 0.15) is 0 Å². The van der Waals surface area contributed by atoms with Crippen molar-refractivity contribution in [1.29, 1.82) is 0 Å². The van der Waals surface area contributed by atoms with Gasteiger partial charge in [-0.1, -0.05) is 24.3 Å². The Kier molecular flexibility index (Phi) is 3.50. The second-order valence-electron chi connectivity index (χ2n) is 4.15. The van der Waals surface area contributed by atoms with Gasteiger partial charge in [0.2, 0.25) is 6.08 Å². The third-order valence-electron chi connectivity index (χ3n) is 3.11. The van der Waals surface area contributed by atoms with E-state index in [2.05, 4.69) is 4.99 Å². The zero-order valence-corrected chi connectivity index (χ0v) is 9.35. The molecule has 1 saturated heterocycles. The average molecular weight is 217 g/mol. The zero-order chi connectivity index (χ0) is 11.4. The predicted molar refractivity (Wildman–Crippen MR) is 61.0 cm³/mol.